The molecule has 7 heteroatoms. The van der Waals surface area contributed by atoms with E-state index in [0.29, 0.717) is 15.6 Å². The van der Waals surface area contributed by atoms with Crippen molar-refractivity contribution in [2.45, 2.75) is 25.3 Å². The summed E-state index contributed by atoms with van der Waals surface area (Å²) in [7, 11) is 0. The summed E-state index contributed by atoms with van der Waals surface area (Å²) in [5, 5.41) is 7.39. The molecule has 3 aromatic carbocycles. The zero-order chi connectivity index (χ0) is 23.8. The van der Waals surface area contributed by atoms with Crippen molar-refractivity contribution in [3.05, 3.63) is 108 Å². The van der Waals surface area contributed by atoms with Crippen LogP contribution >= 0.6 is 55.1 Å². The first-order valence-electron chi connectivity index (χ1n) is 11.0. The van der Waals surface area contributed by atoms with Crippen molar-refractivity contribution in [3.8, 4) is 0 Å². The zero-order valence-corrected chi connectivity index (χ0v) is 22.7. The highest BCUT2D eigenvalue weighted by atomic mass is 79.9. The Balaban J connectivity index is 1.59. The van der Waals surface area contributed by atoms with Crippen LogP contribution in [0.15, 0.2) is 86.3 Å². The molecule has 172 valence electrons. The van der Waals surface area contributed by atoms with Crippen LogP contribution in [0.5, 0.6) is 0 Å². The van der Waals surface area contributed by atoms with Crippen molar-refractivity contribution in [2.24, 2.45) is 11.0 Å². The monoisotopic (exact) mass is 616 g/mol. The van der Waals surface area contributed by atoms with Crippen molar-refractivity contribution >= 4 is 72.8 Å². The SMILES string of the molecule is O=C(c1ccc(Cl)cc1Cl)N1N=C2/C(=C\c3ccc(Br)cc3)CCCC2C1c1ccc(Br)cc1. The third-order valence-electron chi connectivity index (χ3n) is 6.29. The van der Waals surface area contributed by atoms with Gasteiger partial charge in [-0.05, 0) is 84.5 Å². The fourth-order valence-corrected chi connectivity index (χ4v) is 5.73. The minimum Gasteiger partial charge on any atom is -0.267 e. The Bertz CT molecular complexity index is 1300. The highest BCUT2D eigenvalue weighted by Gasteiger charge is 2.44. The van der Waals surface area contributed by atoms with E-state index in [0.717, 1.165) is 45.0 Å². The lowest BCUT2D eigenvalue weighted by Crippen LogP contribution is -2.32. The second-order valence-corrected chi connectivity index (χ2v) is 11.2. The molecule has 0 aromatic heterocycles. The number of benzene rings is 3. The van der Waals surface area contributed by atoms with Crippen molar-refractivity contribution in [3.63, 3.8) is 0 Å². The number of allylic oxidation sites excluding steroid dienone is 1. The molecule has 3 aromatic rings. The van der Waals surface area contributed by atoms with Gasteiger partial charge in [-0.2, -0.15) is 5.10 Å². The van der Waals surface area contributed by atoms with Gasteiger partial charge >= 0.3 is 0 Å². The highest BCUT2D eigenvalue weighted by molar-refractivity contribution is 9.10. The smallest absolute Gasteiger partial charge is 0.267 e. The van der Waals surface area contributed by atoms with Gasteiger partial charge in [0, 0.05) is 19.9 Å². The molecule has 1 fully saturated rings. The number of rotatable bonds is 3. The van der Waals surface area contributed by atoms with Gasteiger partial charge in [0.25, 0.3) is 5.91 Å². The second kappa shape index (κ2) is 9.98. The van der Waals surface area contributed by atoms with Crippen LogP contribution in [0.3, 0.4) is 0 Å². The Kier molecular flexibility index (Phi) is 6.99. The maximum absolute atomic E-state index is 13.7. The van der Waals surface area contributed by atoms with Crippen LogP contribution in [-0.2, 0) is 0 Å². The van der Waals surface area contributed by atoms with Gasteiger partial charge in [0.15, 0.2) is 0 Å². The molecular formula is C27H20Br2Cl2N2O. The summed E-state index contributed by atoms with van der Waals surface area (Å²) in [6, 6.07) is 21.1. The number of carbonyl (C=O) groups is 1. The highest BCUT2D eigenvalue weighted by Crippen LogP contribution is 2.45. The van der Waals surface area contributed by atoms with E-state index in [2.05, 4.69) is 62.2 Å². The first kappa shape index (κ1) is 23.8. The predicted molar refractivity (Wildman–Crippen MR) is 146 cm³/mol. The molecule has 1 amide bonds. The van der Waals surface area contributed by atoms with Crippen molar-refractivity contribution in [2.75, 3.05) is 0 Å². The molecule has 0 N–H and O–H groups in total. The molecule has 0 spiro atoms. The van der Waals surface area contributed by atoms with Crippen LogP contribution in [0.2, 0.25) is 10.0 Å². The van der Waals surface area contributed by atoms with Crippen molar-refractivity contribution < 1.29 is 4.79 Å². The molecule has 0 bridgehead atoms. The molecule has 2 unspecified atom stereocenters. The predicted octanol–water partition coefficient (Wildman–Crippen LogP) is 8.96. The van der Waals surface area contributed by atoms with Crippen LogP contribution in [-0.4, -0.2) is 16.6 Å². The second-order valence-electron chi connectivity index (χ2n) is 8.48. The van der Waals surface area contributed by atoms with Gasteiger partial charge in [0.1, 0.15) is 0 Å². The van der Waals surface area contributed by atoms with Crippen LogP contribution < -0.4 is 0 Å². The average molecular weight is 619 g/mol. The largest absolute Gasteiger partial charge is 0.276 e. The van der Waals surface area contributed by atoms with Crippen molar-refractivity contribution in [1.82, 2.24) is 5.01 Å². The maximum atomic E-state index is 13.7. The molecule has 34 heavy (non-hydrogen) atoms. The third kappa shape index (κ3) is 4.76. The number of halogens is 4. The first-order chi connectivity index (χ1) is 16.4. The van der Waals surface area contributed by atoms with Crippen LogP contribution in [0.1, 0.15) is 46.8 Å². The fourth-order valence-electron chi connectivity index (χ4n) is 4.71. The molecule has 1 aliphatic carbocycles. The van der Waals surface area contributed by atoms with Gasteiger partial charge in [-0.15, -0.1) is 0 Å². The molecule has 1 saturated carbocycles. The molecule has 0 saturated heterocycles. The van der Waals surface area contributed by atoms with E-state index in [9.17, 15) is 4.79 Å². The molecule has 3 nitrogen and oxygen atoms in total. The lowest BCUT2D eigenvalue weighted by Gasteiger charge is -2.30. The molecule has 2 aliphatic rings. The number of hydrogen-bond donors (Lipinski definition) is 0. The van der Waals surface area contributed by atoms with Gasteiger partial charge in [0.2, 0.25) is 0 Å². The quantitative estimate of drug-likeness (QED) is 0.288. The fraction of sp³-hybridized carbons (Fsp3) is 0.185. The van der Waals surface area contributed by atoms with Crippen LogP contribution in [0.25, 0.3) is 6.08 Å². The van der Waals surface area contributed by atoms with E-state index in [4.69, 9.17) is 28.3 Å². The van der Waals surface area contributed by atoms with Gasteiger partial charge in [-0.3, -0.25) is 4.79 Å². The number of fused-ring (bicyclic) bond motifs is 1. The van der Waals surface area contributed by atoms with Gasteiger partial charge in [0.05, 0.1) is 22.3 Å². The number of carbonyl (C=O) groups excluding carboxylic acids is 1. The number of nitrogens with zero attached hydrogens (tertiary/aromatic N) is 2. The number of hydrogen-bond acceptors (Lipinski definition) is 2. The first-order valence-corrected chi connectivity index (χ1v) is 13.3. The summed E-state index contributed by atoms with van der Waals surface area (Å²) in [5.74, 6) is -0.105. The Labute approximate surface area is 225 Å². The van der Waals surface area contributed by atoms with Crippen LogP contribution in [0.4, 0.5) is 0 Å². The maximum Gasteiger partial charge on any atom is 0.276 e. The number of hydrazone groups is 1. The summed E-state index contributed by atoms with van der Waals surface area (Å²) in [6.45, 7) is 0. The van der Waals surface area contributed by atoms with E-state index < -0.39 is 0 Å². The Morgan fingerprint density at radius 3 is 2.32 bits per heavy atom. The average Bonchev–Trinajstić information content (AvgIpc) is 3.21. The summed E-state index contributed by atoms with van der Waals surface area (Å²) in [4.78, 5) is 13.7. The van der Waals surface area contributed by atoms with Crippen molar-refractivity contribution in [1.29, 1.82) is 0 Å². The molecule has 5 rings (SSSR count). The summed E-state index contributed by atoms with van der Waals surface area (Å²) in [6.07, 6.45) is 5.14. The molecular weight excluding hydrogens is 599 g/mol. The zero-order valence-electron chi connectivity index (χ0n) is 18.0. The molecule has 0 radical (unpaired) electrons. The van der Waals surface area contributed by atoms with E-state index in [1.54, 1.807) is 23.2 Å². The standard InChI is InChI=1S/C27H20Br2Cl2N2O/c28-19-8-4-16(5-9-19)14-18-2-1-3-23-25(18)32-33(26(23)17-6-10-20(29)11-7-17)27(34)22-13-12-21(30)15-24(22)31/h4-15,23,26H,1-3H2/b18-14-. The lowest BCUT2D eigenvalue weighted by molar-refractivity contribution is 0.0681. The minimum atomic E-state index is -0.223. The summed E-state index contributed by atoms with van der Waals surface area (Å²) < 4.78 is 2.04. The molecule has 1 aliphatic heterocycles. The van der Waals surface area contributed by atoms with Gasteiger partial charge in [-0.1, -0.05) is 79.3 Å². The normalized spacial score (nSPS) is 20.9. The van der Waals surface area contributed by atoms with Gasteiger partial charge in [-0.25, -0.2) is 5.01 Å². The Morgan fingerprint density at radius 1 is 0.971 bits per heavy atom. The Hall–Kier alpha value is -1.92. The third-order valence-corrected chi connectivity index (χ3v) is 7.90. The van der Waals surface area contributed by atoms with E-state index in [1.165, 1.54) is 5.57 Å². The Morgan fingerprint density at radius 2 is 1.65 bits per heavy atom. The van der Waals surface area contributed by atoms with Crippen LogP contribution in [0, 0.1) is 5.92 Å². The van der Waals surface area contributed by atoms with E-state index in [1.807, 2.05) is 24.3 Å². The van der Waals surface area contributed by atoms with E-state index >= 15 is 0 Å². The molecule has 1 heterocycles. The van der Waals surface area contributed by atoms with E-state index in [-0.39, 0.29) is 17.9 Å². The minimum absolute atomic E-state index is 0.117. The molecule has 2 atom stereocenters. The summed E-state index contributed by atoms with van der Waals surface area (Å²) >= 11 is 19.5. The summed E-state index contributed by atoms with van der Waals surface area (Å²) in [5.41, 5.74) is 4.73. The lowest BCUT2D eigenvalue weighted by atomic mass is 9.77. The topological polar surface area (TPSA) is 32.7 Å². The van der Waals surface area contributed by atoms with Gasteiger partial charge < -0.3 is 0 Å². The number of amides is 1.